The van der Waals surface area contributed by atoms with Crippen LogP contribution in [0.4, 0.5) is 0 Å². The summed E-state index contributed by atoms with van der Waals surface area (Å²) >= 11 is 0. The summed E-state index contributed by atoms with van der Waals surface area (Å²) in [4.78, 5) is 0. The molecule has 17 heavy (non-hydrogen) atoms. The van der Waals surface area contributed by atoms with Crippen molar-refractivity contribution in [3.8, 4) is 5.75 Å². The Morgan fingerprint density at radius 3 is 2.41 bits per heavy atom. The van der Waals surface area contributed by atoms with E-state index in [0.29, 0.717) is 0 Å². The van der Waals surface area contributed by atoms with E-state index in [9.17, 15) is 0 Å². The van der Waals surface area contributed by atoms with Crippen LogP contribution in [0.3, 0.4) is 0 Å². The van der Waals surface area contributed by atoms with Gasteiger partial charge < -0.3 is 10.5 Å². The Morgan fingerprint density at radius 2 is 1.94 bits per heavy atom. The van der Waals surface area contributed by atoms with Crippen molar-refractivity contribution in [1.82, 2.24) is 0 Å². The summed E-state index contributed by atoms with van der Waals surface area (Å²) in [6, 6.07) is 6.40. The Hall–Kier alpha value is -1.02. The van der Waals surface area contributed by atoms with Gasteiger partial charge in [-0.1, -0.05) is 12.1 Å². The van der Waals surface area contributed by atoms with E-state index in [0.717, 1.165) is 18.6 Å². The average molecular weight is 235 g/mol. The molecule has 0 aliphatic carbocycles. The molecular formula is C15H25NO. The summed E-state index contributed by atoms with van der Waals surface area (Å²) in [7, 11) is 0. The van der Waals surface area contributed by atoms with Gasteiger partial charge >= 0.3 is 0 Å². The summed E-state index contributed by atoms with van der Waals surface area (Å²) < 4.78 is 5.72. The van der Waals surface area contributed by atoms with Gasteiger partial charge in [0.15, 0.2) is 0 Å². The van der Waals surface area contributed by atoms with Crippen LogP contribution in [-0.2, 0) is 6.42 Å². The van der Waals surface area contributed by atoms with E-state index < -0.39 is 0 Å². The predicted octanol–water partition coefficient (Wildman–Crippen LogP) is 3.45. The normalized spacial score (nSPS) is 11.9. The molecule has 0 aliphatic rings. The van der Waals surface area contributed by atoms with Crippen LogP contribution >= 0.6 is 0 Å². The highest BCUT2D eigenvalue weighted by atomic mass is 16.5. The Kier molecular flexibility index (Phi) is 4.58. The summed E-state index contributed by atoms with van der Waals surface area (Å²) in [5.74, 6) is 0.982. The third kappa shape index (κ3) is 5.22. The van der Waals surface area contributed by atoms with Gasteiger partial charge in [0.05, 0.1) is 6.10 Å². The molecule has 0 aromatic heterocycles. The van der Waals surface area contributed by atoms with E-state index in [1.54, 1.807) is 0 Å². The van der Waals surface area contributed by atoms with Crippen LogP contribution < -0.4 is 10.5 Å². The van der Waals surface area contributed by atoms with E-state index >= 15 is 0 Å². The first kappa shape index (κ1) is 14.0. The fourth-order valence-electron chi connectivity index (χ4n) is 1.72. The zero-order valence-corrected chi connectivity index (χ0v) is 11.7. The smallest absolute Gasteiger partial charge is 0.122 e. The van der Waals surface area contributed by atoms with Crippen molar-refractivity contribution < 1.29 is 4.74 Å². The summed E-state index contributed by atoms with van der Waals surface area (Å²) in [5.41, 5.74) is 8.43. The van der Waals surface area contributed by atoms with Crippen molar-refractivity contribution in [1.29, 1.82) is 0 Å². The van der Waals surface area contributed by atoms with Gasteiger partial charge in [-0.15, -0.1) is 0 Å². The lowest BCUT2D eigenvalue weighted by Gasteiger charge is -2.18. The highest BCUT2D eigenvalue weighted by molar-refractivity contribution is 5.36. The van der Waals surface area contributed by atoms with Gasteiger partial charge in [0.1, 0.15) is 5.75 Å². The third-order valence-corrected chi connectivity index (χ3v) is 2.66. The first-order valence-electron chi connectivity index (χ1n) is 6.33. The molecule has 0 unspecified atom stereocenters. The van der Waals surface area contributed by atoms with Gasteiger partial charge in [0.2, 0.25) is 0 Å². The SMILES string of the molecule is Cc1cc(CCC(C)(C)N)ccc1OC(C)C. The molecule has 1 aromatic rings. The topological polar surface area (TPSA) is 35.2 Å². The Morgan fingerprint density at radius 1 is 1.29 bits per heavy atom. The van der Waals surface area contributed by atoms with Gasteiger partial charge in [0.25, 0.3) is 0 Å². The van der Waals surface area contributed by atoms with Crippen LogP contribution in [0.25, 0.3) is 0 Å². The monoisotopic (exact) mass is 235 g/mol. The van der Waals surface area contributed by atoms with Gasteiger partial charge in [-0.05, 0) is 64.7 Å². The number of ether oxygens (including phenoxy) is 1. The second-order valence-electron chi connectivity index (χ2n) is 5.76. The molecule has 96 valence electrons. The summed E-state index contributed by atoms with van der Waals surface area (Å²) in [6.07, 6.45) is 2.24. The molecule has 0 fully saturated rings. The molecule has 0 atom stereocenters. The first-order chi connectivity index (χ1) is 7.78. The number of nitrogens with two attached hydrogens (primary N) is 1. The van der Waals surface area contributed by atoms with Crippen molar-refractivity contribution in [2.45, 2.75) is 59.1 Å². The van der Waals surface area contributed by atoms with E-state index in [1.165, 1.54) is 11.1 Å². The van der Waals surface area contributed by atoms with Crippen molar-refractivity contribution in [2.75, 3.05) is 0 Å². The lowest BCUT2D eigenvalue weighted by Crippen LogP contribution is -2.32. The molecule has 1 rings (SSSR count). The van der Waals surface area contributed by atoms with Crippen LogP contribution in [0.5, 0.6) is 5.75 Å². The van der Waals surface area contributed by atoms with Crippen molar-refractivity contribution in [3.05, 3.63) is 29.3 Å². The standard InChI is InChI=1S/C15H25NO/c1-11(2)17-14-7-6-13(10-12(14)3)8-9-15(4,5)16/h6-7,10-11H,8-9,16H2,1-5H3. The average Bonchev–Trinajstić information content (AvgIpc) is 2.17. The van der Waals surface area contributed by atoms with Gasteiger partial charge in [-0.25, -0.2) is 0 Å². The lowest BCUT2D eigenvalue weighted by molar-refractivity contribution is 0.240. The fourth-order valence-corrected chi connectivity index (χ4v) is 1.72. The molecule has 2 N–H and O–H groups in total. The van der Waals surface area contributed by atoms with Crippen LogP contribution in [0, 0.1) is 6.92 Å². The lowest BCUT2D eigenvalue weighted by atomic mass is 9.96. The largest absolute Gasteiger partial charge is 0.491 e. The van der Waals surface area contributed by atoms with E-state index in [1.807, 2.05) is 13.8 Å². The summed E-state index contributed by atoms with van der Waals surface area (Å²) in [5, 5.41) is 0. The molecule has 1 aromatic carbocycles. The minimum Gasteiger partial charge on any atom is -0.491 e. The molecular weight excluding hydrogens is 210 g/mol. The molecule has 0 radical (unpaired) electrons. The number of rotatable bonds is 5. The molecule has 0 heterocycles. The minimum atomic E-state index is -0.0962. The second-order valence-corrected chi connectivity index (χ2v) is 5.76. The maximum Gasteiger partial charge on any atom is 0.122 e. The van der Waals surface area contributed by atoms with Crippen LogP contribution in [0.1, 0.15) is 45.2 Å². The van der Waals surface area contributed by atoms with Gasteiger partial charge in [-0.2, -0.15) is 0 Å². The molecule has 0 spiro atoms. The molecule has 0 saturated heterocycles. The minimum absolute atomic E-state index is 0.0962. The quantitative estimate of drug-likeness (QED) is 0.848. The predicted molar refractivity (Wildman–Crippen MR) is 73.5 cm³/mol. The zero-order valence-electron chi connectivity index (χ0n) is 11.7. The van der Waals surface area contributed by atoms with E-state index in [2.05, 4.69) is 39.0 Å². The molecule has 2 nitrogen and oxygen atoms in total. The Bertz CT molecular complexity index is 364. The Balaban J connectivity index is 2.68. The molecule has 0 aliphatic heterocycles. The number of benzene rings is 1. The van der Waals surface area contributed by atoms with Crippen molar-refractivity contribution in [2.24, 2.45) is 5.73 Å². The maximum atomic E-state index is 5.99. The highest BCUT2D eigenvalue weighted by Crippen LogP contribution is 2.22. The van der Waals surface area contributed by atoms with Crippen molar-refractivity contribution in [3.63, 3.8) is 0 Å². The van der Waals surface area contributed by atoms with Crippen LogP contribution in [0.2, 0.25) is 0 Å². The van der Waals surface area contributed by atoms with E-state index in [4.69, 9.17) is 10.5 Å². The molecule has 0 saturated carbocycles. The summed E-state index contributed by atoms with van der Waals surface area (Å²) in [6.45, 7) is 10.3. The third-order valence-electron chi connectivity index (χ3n) is 2.66. The van der Waals surface area contributed by atoms with Crippen LogP contribution in [0.15, 0.2) is 18.2 Å². The second kappa shape index (κ2) is 5.54. The van der Waals surface area contributed by atoms with Crippen molar-refractivity contribution >= 4 is 0 Å². The maximum absolute atomic E-state index is 5.99. The van der Waals surface area contributed by atoms with Crippen LogP contribution in [-0.4, -0.2) is 11.6 Å². The highest BCUT2D eigenvalue weighted by Gasteiger charge is 2.11. The first-order valence-corrected chi connectivity index (χ1v) is 6.33. The van der Waals surface area contributed by atoms with Gasteiger partial charge in [-0.3, -0.25) is 0 Å². The zero-order chi connectivity index (χ0) is 13.1. The fraction of sp³-hybridized carbons (Fsp3) is 0.600. The van der Waals surface area contributed by atoms with E-state index in [-0.39, 0.29) is 11.6 Å². The number of hydrogen-bond donors (Lipinski definition) is 1. The molecule has 0 bridgehead atoms. The molecule has 0 amide bonds. The number of hydrogen-bond acceptors (Lipinski definition) is 2. The number of aryl methyl sites for hydroxylation is 2. The molecule has 2 heteroatoms. The Labute approximate surface area is 105 Å². The van der Waals surface area contributed by atoms with Gasteiger partial charge in [0, 0.05) is 5.54 Å².